The molecule has 0 saturated heterocycles. The highest BCUT2D eigenvalue weighted by molar-refractivity contribution is 7.98. The van der Waals surface area contributed by atoms with Gasteiger partial charge in [-0.05, 0) is 29.2 Å². The second-order valence-corrected chi connectivity index (χ2v) is 10.3. The summed E-state index contributed by atoms with van der Waals surface area (Å²) >= 11 is 1.42. The molecule has 10 heteroatoms. The van der Waals surface area contributed by atoms with Crippen molar-refractivity contribution in [1.29, 1.82) is 0 Å². The molecule has 1 N–H and O–H groups in total. The molecule has 4 aromatic rings. The van der Waals surface area contributed by atoms with Crippen molar-refractivity contribution in [3.8, 4) is 17.2 Å². The predicted molar refractivity (Wildman–Crippen MR) is 145 cm³/mol. The number of nitrogens with one attached hydrogen (secondary N) is 1. The number of H-pyrrole nitrogens is 1. The molecule has 37 heavy (non-hydrogen) atoms. The Morgan fingerprint density at radius 2 is 1.78 bits per heavy atom. The number of rotatable bonds is 10. The van der Waals surface area contributed by atoms with Crippen LogP contribution in [0.3, 0.4) is 0 Å². The Labute approximate surface area is 219 Å². The van der Waals surface area contributed by atoms with E-state index in [-0.39, 0.29) is 17.6 Å². The molecule has 0 bridgehead atoms. The van der Waals surface area contributed by atoms with E-state index in [2.05, 4.69) is 59.6 Å². The van der Waals surface area contributed by atoms with Crippen molar-refractivity contribution >= 4 is 22.7 Å². The molecule has 0 aliphatic rings. The molecule has 0 aliphatic heterocycles. The Morgan fingerprint density at radius 1 is 1.08 bits per heavy atom. The molecule has 194 valence electrons. The average molecular weight is 522 g/mol. The van der Waals surface area contributed by atoms with Crippen LogP contribution in [0.4, 0.5) is 0 Å². The second-order valence-electron chi connectivity index (χ2n) is 9.39. The molecule has 2 aromatic heterocycles. The van der Waals surface area contributed by atoms with Crippen LogP contribution in [0.2, 0.25) is 0 Å². The Bertz CT molecular complexity index is 1450. The summed E-state index contributed by atoms with van der Waals surface area (Å²) in [6, 6.07) is 11.4. The van der Waals surface area contributed by atoms with Crippen LogP contribution in [0.1, 0.15) is 38.0 Å². The molecule has 0 unspecified atom stereocenters. The molecule has 2 aromatic carbocycles. The van der Waals surface area contributed by atoms with Crippen LogP contribution in [-0.2, 0) is 24.3 Å². The Hall–Kier alpha value is -3.79. The summed E-state index contributed by atoms with van der Waals surface area (Å²) in [4.78, 5) is 20.1. The largest absolute Gasteiger partial charge is 0.493 e. The Balaban J connectivity index is 1.49. The molecular formula is C27H31N5O4S. The minimum atomic E-state index is -0.249. The van der Waals surface area contributed by atoms with Gasteiger partial charge in [0.2, 0.25) is 0 Å². The SMILES string of the molecule is C=CCn1c(COc2ccc(C(C)(C)C)cc2)nnc1SCc1nc2cc(OC)c(OC)cc2c(=O)[nH]1. The van der Waals surface area contributed by atoms with Crippen molar-refractivity contribution < 1.29 is 14.2 Å². The quantitative estimate of drug-likeness (QED) is 0.232. The number of fused-ring (bicyclic) bond motifs is 1. The third-order valence-corrected chi connectivity index (χ3v) is 6.77. The topological polar surface area (TPSA) is 104 Å². The van der Waals surface area contributed by atoms with Gasteiger partial charge in [0.05, 0.1) is 30.9 Å². The summed E-state index contributed by atoms with van der Waals surface area (Å²) in [7, 11) is 3.07. The zero-order chi connectivity index (χ0) is 26.6. The third kappa shape index (κ3) is 5.96. The lowest BCUT2D eigenvalue weighted by atomic mass is 9.87. The third-order valence-electron chi connectivity index (χ3n) is 5.79. The monoisotopic (exact) mass is 521 g/mol. The number of hydrogen-bond donors (Lipinski definition) is 1. The van der Waals surface area contributed by atoms with Gasteiger partial charge in [0, 0.05) is 12.6 Å². The maximum absolute atomic E-state index is 12.7. The molecule has 0 aliphatic carbocycles. The second kappa shape index (κ2) is 11.1. The fraction of sp³-hybridized carbons (Fsp3) is 0.333. The van der Waals surface area contributed by atoms with Crippen LogP contribution in [0.25, 0.3) is 10.9 Å². The number of ether oxygens (including phenoxy) is 3. The Kier molecular flexibility index (Phi) is 7.87. The number of allylic oxidation sites excluding steroid dienone is 1. The van der Waals surface area contributed by atoms with E-state index in [0.29, 0.717) is 51.5 Å². The minimum Gasteiger partial charge on any atom is -0.493 e. The first-order valence-electron chi connectivity index (χ1n) is 11.8. The molecule has 0 atom stereocenters. The summed E-state index contributed by atoms with van der Waals surface area (Å²) in [5.41, 5.74) is 1.60. The zero-order valence-corrected chi connectivity index (χ0v) is 22.5. The maximum Gasteiger partial charge on any atom is 0.258 e. The van der Waals surface area contributed by atoms with Crippen molar-refractivity contribution in [3.63, 3.8) is 0 Å². The van der Waals surface area contributed by atoms with E-state index in [9.17, 15) is 4.79 Å². The normalized spacial score (nSPS) is 11.5. The van der Waals surface area contributed by atoms with Crippen molar-refractivity contribution in [1.82, 2.24) is 24.7 Å². The van der Waals surface area contributed by atoms with Crippen LogP contribution >= 0.6 is 11.8 Å². The van der Waals surface area contributed by atoms with E-state index < -0.39 is 0 Å². The maximum atomic E-state index is 12.7. The van der Waals surface area contributed by atoms with E-state index >= 15 is 0 Å². The number of aromatic amines is 1. The van der Waals surface area contributed by atoms with Crippen molar-refractivity contribution in [2.75, 3.05) is 14.2 Å². The van der Waals surface area contributed by atoms with Gasteiger partial charge in [0.1, 0.15) is 18.2 Å². The standard InChI is InChI=1S/C27H31N5O4S/c1-7-12-32-24(15-36-18-10-8-17(9-11-18)27(2,3)4)30-31-26(32)37-16-23-28-20-14-22(35-6)21(34-5)13-19(20)25(33)29-23/h7-11,13-14H,1,12,15-16H2,2-6H3,(H,28,29,33). The molecule has 0 spiro atoms. The van der Waals surface area contributed by atoms with Gasteiger partial charge in [-0.3, -0.25) is 9.36 Å². The van der Waals surface area contributed by atoms with Gasteiger partial charge in [-0.15, -0.1) is 16.8 Å². The van der Waals surface area contributed by atoms with Gasteiger partial charge in [-0.1, -0.05) is 50.7 Å². The van der Waals surface area contributed by atoms with Gasteiger partial charge >= 0.3 is 0 Å². The molecule has 4 rings (SSSR count). The van der Waals surface area contributed by atoms with Crippen LogP contribution < -0.4 is 19.8 Å². The van der Waals surface area contributed by atoms with E-state index in [4.69, 9.17) is 14.2 Å². The lowest BCUT2D eigenvalue weighted by Crippen LogP contribution is -2.12. The zero-order valence-electron chi connectivity index (χ0n) is 21.7. The summed E-state index contributed by atoms with van der Waals surface area (Å²) in [5, 5.41) is 9.76. The number of thioether (sulfide) groups is 1. The summed E-state index contributed by atoms with van der Waals surface area (Å²) in [6.07, 6.45) is 1.78. The highest BCUT2D eigenvalue weighted by Crippen LogP contribution is 2.30. The van der Waals surface area contributed by atoms with Crippen LogP contribution in [0.15, 0.2) is 59.0 Å². The minimum absolute atomic E-state index is 0.0813. The van der Waals surface area contributed by atoms with Gasteiger partial charge in [0.15, 0.2) is 22.5 Å². The fourth-order valence-corrected chi connectivity index (χ4v) is 4.60. The fourth-order valence-electron chi connectivity index (χ4n) is 3.76. The first-order valence-corrected chi connectivity index (χ1v) is 12.8. The van der Waals surface area contributed by atoms with Crippen molar-refractivity contribution in [2.45, 2.75) is 50.2 Å². The number of hydrogen-bond acceptors (Lipinski definition) is 8. The molecule has 2 heterocycles. The average Bonchev–Trinajstić information content (AvgIpc) is 3.26. The lowest BCUT2D eigenvalue weighted by molar-refractivity contribution is 0.289. The smallest absolute Gasteiger partial charge is 0.258 e. The summed E-state index contributed by atoms with van der Waals surface area (Å²) in [6.45, 7) is 11.2. The summed E-state index contributed by atoms with van der Waals surface area (Å²) < 4.78 is 18.6. The van der Waals surface area contributed by atoms with Gasteiger partial charge in [-0.2, -0.15) is 0 Å². The van der Waals surface area contributed by atoms with Gasteiger partial charge in [0.25, 0.3) is 5.56 Å². The van der Waals surface area contributed by atoms with Crippen LogP contribution in [0.5, 0.6) is 17.2 Å². The molecule has 0 radical (unpaired) electrons. The number of methoxy groups -OCH3 is 2. The number of nitrogens with zero attached hydrogens (tertiary/aromatic N) is 4. The Morgan fingerprint density at radius 3 is 2.43 bits per heavy atom. The predicted octanol–water partition coefficient (Wildman–Crippen LogP) is 4.89. The first-order chi connectivity index (χ1) is 17.7. The van der Waals surface area contributed by atoms with E-state index in [1.54, 1.807) is 25.3 Å². The molecule has 0 saturated carbocycles. The first kappa shape index (κ1) is 26.3. The van der Waals surface area contributed by atoms with Crippen molar-refractivity contribution in [3.05, 3.63) is 76.6 Å². The number of benzene rings is 2. The molecule has 0 amide bonds. The highest BCUT2D eigenvalue weighted by atomic mass is 32.2. The number of aromatic nitrogens is 5. The van der Waals surface area contributed by atoms with E-state index in [1.807, 2.05) is 16.7 Å². The van der Waals surface area contributed by atoms with Crippen LogP contribution in [-0.4, -0.2) is 39.0 Å². The lowest BCUT2D eigenvalue weighted by Gasteiger charge is -2.19. The van der Waals surface area contributed by atoms with Gasteiger partial charge < -0.3 is 19.2 Å². The molecular weight excluding hydrogens is 490 g/mol. The van der Waals surface area contributed by atoms with Crippen molar-refractivity contribution in [2.24, 2.45) is 0 Å². The summed E-state index contributed by atoms with van der Waals surface area (Å²) in [5.74, 6) is 3.33. The van der Waals surface area contributed by atoms with Crippen LogP contribution in [0, 0.1) is 0 Å². The molecule has 0 fully saturated rings. The highest BCUT2D eigenvalue weighted by Gasteiger charge is 2.16. The van der Waals surface area contributed by atoms with Gasteiger partial charge in [-0.25, -0.2) is 4.98 Å². The molecule has 9 nitrogen and oxygen atoms in total. The van der Waals surface area contributed by atoms with E-state index in [1.165, 1.54) is 24.4 Å². The van der Waals surface area contributed by atoms with E-state index in [0.717, 1.165) is 5.75 Å².